The van der Waals surface area contributed by atoms with Crippen molar-refractivity contribution >= 4 is 29.1 Å². The Morgan fingerprint density at radius 1 is 0.865 bits per heavy atom. The molecule has 1 N–H and O–H groups in total. The molecule has 1 aliphatic rings. The molecule has 7 heteroatoms. The van der Waals surface area contributed by atoms with Crippen molar-refractivity contribution in [3.8, 4) is 11.4 Å². The Balaban J connectivity index is 1.38. The largest absolute Gasteiger partial charge is 0.353 e. The molecule has 0 saturated carbocycles. The minimum Gasteiger partial charge on any atom is -0.353 e. The summed E-state index contributed by atoms with van der Waals surface area (Å²) < 4.78 is 0. The number of piperazine rings is 1. The number of halogens is 1. The molecule has 0 radical (unpaired) electrons. The molecule has 5 rings (SSSR count). The molecule has 0 unspecified atom stereocenters. The van der Waals surface area contributed by atoms with E-state index in [-0.39, 0.29) is 6.03 Å². The first-order valence-electron chi connectivity index (χ1n) is 12.5. The van der Waals surface area contributed by atoms with Crippen LogP contribution in [0.5, 0.6) is 0 Å². The lowest BCUT2D eigenvalue weighted by molar-refractivity contribution is 0.208. The lowest BCUT2D eigenvalue weighted by Crippen LogP contribution is -2.50. The highest BCUT2D eigenvalue weighted by Gasteiger charge is 2.25. The van der Waals surface area contributed by atoms with Crippen molar-refractivity contribution in [3.05, 3.63) is 106 Å². The molecule has 2 amide bonds. The number of hydrogen-bond acceptors (Lipinski definition) is 4. The molecular weight excluding hydrogens is 482 g/mol. The SMILES string of the molecule is Cc1ccc(NC(=O)N2CCN(c3nc(-c4ccccc4)nc(C)c3Cc3ccc(Cl)cc3)CC2)cc1. The van der Waals surface area contributed by atoms with Crippen molar-refractivity contribution in [2.75, 3.05) is 36.4 Å². The number of aryl methyl sites for hydroxylation is 2. The summed E-state index contributed by atoms with van der Waals surface area (Å²) in [5, 5.41) is 3.73. The normalized spacial score (nSPS) is 13.5. The van der Waals surface area contributed by atoms with Crippen LogP contribution in [0.4, 0.5) is 16.3 Å². The smallest absolute Gasteiger partial charge is 0.321 e. The van der Waals surface area contributed by atoms with E-state index in [2.05, 4.69) is 10.2 Å². The van der Waals surface area contributed by atoms with Gasteiger partial charge < -0.3 is 15.1 Å². The van der Waals surface area contributed by atoms with Gasteiger partial charge in [-0.05, 0) is 43.7 Å². The first-order valence-corrected chi connectivity index (χ1v) is 12.9. The number of amides is 2. The van der Waals surface area contributed by atoms with Crippen LogP contribution in [0, 0.1) is 13.8 Å². The van der Waals surface area contributed by atoms with Crippen LogP contribution in [-0.2, 0) is 6.42 Å². The third-order valence-corrected chi connectivity index (χ3v) is 6.94. The monoisotopic (exact) mass is 511 g/mol. The number of urea groups is 1. The second-order valence-electron chi connectivity index (χ2n) is 9.37. The van der Waals surface area contributed by atoms with E-state index in [4.69, 9.17) is 21.6 Å². The number of carbonyl (C=O) groups is 1. The van der Waals surface area contributed by atoms with E-state index in [0.29, 0.717) is 38.4 Å². The molecule has 0 spiro atoms. The number of benzene rings is 3. The van der Waals surface area contributed by atoms with Gasteiger partial charge in [0.25, 0.3) is 0 Å². The zero-order valence-corrected chi connectivity index (χ0v) is 21.9. The fraction of sp³-hybridized carbons (Fsp3) is 0.233. The summed E-state index contributed by atoms with van der Waals surface area (Å²) in [7, 11) is 0. The molecule has 0 atom stereocenters. The Bertz CT molecular complexity index is 1370. The number of hydrogen-bond donors (Lipinski definition) is 1. The average molecular weight is 512 g/mol. The van der Waals surface area contributed by atoms with Crippen LogP contribution in [-0.4, -0.2) is 47.1 Å². The summed E-state index contributed by atoms with van der Waals surface area (Å²) in [6.45, 7) is 6.70. The van der Waals surface area contributed by atoms with Crippen molar-refractivity contribution in [2.45, 2.75) is 20.3 Å². The summed E-state index contributed by atoms with van der Waals surface area (Å²) in [6, 6.07) is 25.8. The van der Waals surface area contributed by atoms with Crippen LogP contribution < -0.4 is 10.2 Å². The Morgan fingerprint density at radius 2 is 1.54 bits per heavy atom. The van der Waals surface area contributed by atoms with E-state index in [1.165, 1.54) is 0 Å². The van der Waals surface area contributed by atoms with E-state index in [1.807, 2.05) is 97.6 Å². The summed E-state index contributed by atoms with van der Waals surface area (Å²) >= 11 is 6.11. The quantitative estimate of drug-likeness (QED) is 0.338. The maximum absolute atomic E-state index is 12.9. The van der Waals surface area contributed by atoms with E-state index >= 15 is 0 Å². The number of nitrogens with zero attached hydrogens (tertiary/aromatic N) is 4. The van der Waals surface area contributed by atoms with Gasteiger partial charge in [-0.15, -0.1) is 0 Å². The van der Waals surface area contributed by atoms with Gasteiger partial charge in [-0.2, -0.15) is 0 Å². The molecule has 2 heterocycles. The van der Waals surface area contributed by atoms with Crippen LogP contribution in [0.15, 0.2) is 78.9 Å². The Morgan fingerprint density at radius 3 is 2.22 bits per heavy atom. The fourth-order valence-electron chi connectivity index (χ4n) is 4.53. The van der Waals surface area contributed by atoms with Crippen LogP contribution in [0.3, 0.4) is 0 Å². The maximum atomic E-state index is 12.9. The molecule has 1 aliphatic heterocycles. The summed E-state index contributed by atoms with van der Waals surface area (Å²) in [5.74, 6) is 1.65. The number of nitrogens with one attached hydrogen (secondary N) is 1. The van der Waals surface area contributed by atoms with Crippen LogP contribution in [0.2, 0.25) is 5.02 Å². The Labute approximate surface area is 222 Å². The summed E-state index contributed by atoms with van der Waals surface area (Å²) in [4.78, 5) is 27.0. The lowest BCUT2D eigenvalue weighted by Gasteiger charge is -2.36. The first-order chi connectivity index (χ1) is 18.0. The zero-order chi connectivity index (χ0) is 25.8. The standard InChI is InChI=1S/C30H30ClN5O/c1-21-8-14-26(15-9-21)33-30(37)36-18-16-35(17-19-36)29-27(20-23-10-12-25(31)13-11-23)22(2)32-28(34-29)24-6-4-3-5-7-24/h3-15H,16-20H2,1-2H3,(H,33,37). The third kappa shape index (κ3) is 5.92. The van der Waals surface area contributed by atoms with Gasteiger partial charge in [0.1, 0.15) is 5.82 Å². The second-order valence-corrected chi connectivity index (χ2v) is 9.81. The maximum Gasteiger partial charge on any atom is 0.321 e. The highest BCUT2D eigenvalue weighted by molar-refractivity contribution is 6.30. The minimum absolute atomic E-state index is 0.0752. The van der Waals surface area contributed by atoms with Gasteiger partial charge in [-0.25, -0.2) is 14.8 Å². The number of rotatable bonds is 5. The van der Waals surface area contributed by atoms with Crippen LogP contribution in [0.1, 0.15) is 22.4 Å². The average Bonchev–Trinajstić information content (AvgIpc) is 2.92. The zero-order valence-electron chi connectivity index (χ0n) is 21.1. The van der Waals surface area contributed by atoms with Crippen LogP contribution in [0.25, 0.3) is 11.4 Å². The molecule has 6 nitrogen and oxygen atoms in total. The molecular formula is C30H30ClN5O. The van der Waals surface area contributed by atoms with Gasteiger partial charge in [0, 0.05) is 60.1 Å². The second kappa shape index (κ2) is 11.0. The molecule has 1 fully saturated rings. The van der Waals surface area contributed by atoms with Gasteiger partial charge in [0.15, 0.2) is 5.82 Å². The molecule has 37 heavy (non-hydrogen) atoms. The summed E-state index contributed by atoms with van der Waals surface area (Å²) in [6.07, 6.45) is 0.710. The highest BCUT2D eigenvalue weighted by Crippen LogP contribution is 2.29. The lowest BCUT2D eigenvalue weighted by atomic mass is 10.0. The van der Waals surface area contributed by atoms with Gasteiger partial charge in [0.05, 0.1) is 0 Å². The van der Waals surface area contributed by atoms with E-state index in [0.717, 1.165) is 44.5 Å². The molecule has 0 bridgehead atoms. The van der Waals surface area contributed by atoms with Gasteiger partial charge >= 0.3 is 6.03 Å². The van der Waals surface area contributed by atoms with Crippen molar-refractivity contribution in [2.24, 2.45) is 0 Å². The fourth-order valence-corrected chi connectivity index (χ4v) is 4.66. The summed E-state index contributed by atoms with van der Waals surface area (Å²) in [5.41, 5.74) is 6.16. The first kappa shape index (κ1) is 24.8. The van der Waals surface area contributed by atoms with Gasteiger partial charge in [-0.3, -0.25) is 0 Å². The molecule has 4 aromatic rings. The Hall–Kier alpha value is -3.90. The van der Waals surface area contributed by atoms with Gasteiger partial charge in [-0.1, -0.05) is 71.8 Å². The predicted octanol–water partition coefficient (Wildman–Crippen LogP) is 6.36. The van der Waals surface area contributed by atoms with Gasteiger partial charge in [0.2, 0.25) is 0 Å². The van der Waals surface area contributed by atoms with E-state index < -0.39 is 0 Å². The van der Waals surface area contributed by atoms with E-state index in [1.54, 1.807) is 0 Å². The Kier molecular flexibility index (Phi) is 7.37. The number of aromatic nitrogens is 2. The third-order valence-electron chi connectivity index (χ3n) is 6.69. The van der Waals surface area contributed by atoms with Crippen molar-refractivity contribution in [3.63, 3.8) is 0 Å². The van der Waals surface area contributed by atoms with Crippen molar-refractivity contribution in [1.29, 1.82) is 0 Å². The molecule has 1 aromatic heterocycles. The highest BCUT2D eigenvalue weighted by atomic mass is 35.5. The molecule has 3 aromatic carbocycles. The minimum atomic E-state index is -0.0752. The van der Waals surface area contributed by atoms with E-state index in [9.17, 15) is 4.79 Å². The molecule has 0 aliphatic carbocycles. The van der Waals surface area contributed by atoms with Crippen molar-refractivity contribution in [1.82, 2.24) is 14.9 Å². The predicted molar refractivity (Wildman–Crippen MR) is 150 cm³/mol. The number of anilines is 2. The molecule has 188 valence electrons. The van der Waals surface area contributed by atoms with Crippen LogP contribution >= 0.6 is 11.6 Å². The topological polar surface area (TPSA) is 61.4 Å². The van der Waals surface area contributed by atoms with Crippen molar-refractivity contribution < 1.29 is 4.79 Å². The number of carbonyl (C=O) groups excluding carboxylic acids is 1. The molecule has 1 saturated heterocycles.